The standard InChI is InChI=1S/C25H31N5O2/c1-16(2)13-24(32)29(4)15-22-27-17(3)19-9-10-23(31)30(25(19)28-22)12-11-18-14-26-21-8-6-5-7-20(18)21/h5-8,14,16,26H,9-13,15H2,1-4H3. The highest BCUT2D eigenvalue weighted by Gasteiger charge is 2.28. The second kappa shape index (κ2) is 9.10. The molecule has 7 nitrogen and oxygen atoms in total. The Morgan fingerprint density at radius 2 is 2.00 bits per heavy atom. The molecule has 1 aliphatic rings. The lowest BCUT2D eigenvalue weighted by atomic mass is 10.0. The molecule has 0 saturated heterocycles. The van der Waals surface area contributed by atoms with Gasteiger partial charge in [-0.2, -0.15) is 0 Å². The number of nitrogens with one attached hydrogen (secondary N) is 1. The fourth-order valence-electron chi connectivity index (χ4n) is 4.32. The Bertz CT molecular complexity index is 1150. The number of carbonyl (C=O) groups is 2. The molecule has 1 aliphatic heterocycles. The van der Waals surface area contributed by atoms with Gasteiger partial charge in [0.05, 0.1) is 6.54 Å². The number of aromatic amines is 1. The molecule has 3 heterocycles. The van der Waals surface area contributed by atoms with Crippen LogP contribution in [0.1, 0.15) is 49.3 Å². The number of para-hydroxylation sites is 1. The van der Waals surface area contributed by atoms with Crippen molar-refractivity contribution in [3.05, 3.63) is 53.1 Å². The molecule has 0 atom stereocenters. The van der Waals surface area contributed by atoms with Crippen LogP contribution in [0.25, 0.3) is 10.9 Å². The number of anilines is 1. The molecule has 168 valence electrons. The maximum atomic E-state index is 12.8. The average Bonchev–Trinajstić information content (AvgIpc) is 3.15. The summed E-state index contributed by atoms with van der Waals surface area (Å²) < 4.78 is 0. The zero-order valence-electron chi connectivity index (χ0n) is 19.3. The van der Waals surface area contributed by atoms with E-state index in [0.717, 1.165) is 23.2 Å². The van der Waals surface area contributed by atoms with Gasteiger partial charge in [-0.3, -0.25) is 14.5 Å². The monoisotopic (exact) mass is 433 g/mol. The molecule has 0 spiro atoms. The second-order valence-corrected chi connectivity index (χ2v) is 9.03. The third-order valence-corrected chi connectivity index (χ3v) is 6.05. The zero-order valence-corrected chi connectivity index (χ0v) is 19.3. The van der Waals surface area contributed by atoms with Crippen molar-refractivity contribution in [3.63, 3.8) is 0 Å². The summed E-state index contributed by atoms with van der Waals surface area (Å²) in [5.74, 6) is 1.74. The molecule has 3 aromatic rings. The van der Waals surface area contributed by atoms with E-state index in [4.69, 9.17) is 4.98 Å². The molecule has 0 saturated carbocycles. The summed E-state index contributed by atoms with van der Waals surface area (Å²) in [5.41, 5.74) is 4.20. The van der Waals surface area contributed by atoms with Crippen LogP contribution in [0.2, 0.25) is 0 Å². The van der Waals surface area contributed by atoms with Gasteiger partial charge in [0.2, 0.25) is 11.8 Å². The molecule has 7 heteroatoms. The van der Waals surface area contributed by atoms with Crippen molar-refractivity contribution in [2.75, 3.05) is 18.5 Å². The van der Waals surface area contributed by atoms with Crippen LogP contribution >= 0.6 is 0 Å². The lowest BCUT2D eigenvalue weighted by Crippen LogP contribution is -2.38. The fourth-order valence-corrected chi connectivity index (χ4v) is 4.32. The minimum absolute atomic E-state index is 0.0752. The number of aryl methyl sites for hydroxylation is 1. The molecule has 0 bridgehead atoms. The van der Waals surface area contributed by atoms with Crippen molar-refractivity contribution in [2.24, 2.45) is 5.92 Å². The summed E-state index contributed by atoms with van der Waals surface area (Å²) in [7, 11) is 1.78. The second-order valence-electron chi connectivity index (χ2n) is 9.03. The lowest BCUT2D eigenvalue weighted by Gasteiger charge is -2.30. The van der Waals surface area contributed by atoms with Crippen LogP contribution in [-0.4, -0.2) is 45.3 Å². The Kier molecular flexibility index (Phi) is 6.26. The predicted molar refractivity (Wildman–Crippen MR) is 125 cm³/mol. The maximum Gasteiger partial charge on any atom is 0.228 e. The summed E-state index contributed by atoms with van der Waals surface area (Å²) in [4.78, 5) is 41.4. The van der Waals surface area contributed by atoms with Gasteiger partial charge in [-0.05, 0) is 37.3 Å². The van der Waals surface area contributed by atoms with Crippen LogP contribution in [0.3, 0.4) is 0 Å². The zero-order chi connectivity index (χ0) is 22.8. The van der Waals surface area contributed by atoms with Crippen molar-refractivity contribution < 1.29 is 9.59 Å². The Labute approximate surface area is 188 Å². The SMILES string of the molecule is Cc1nc(CN(C)C(=O)CC(C)C)nc2c1CCC(=O)N2CCc1c[nH]c2ccccc12. The number of hydrogen-bond donors (Lipinski definition) is 1. The number of benzene rings is 1. The molecule has 1 N–H and O–H groups in total. The number of H-pyrrole nitrogens is 1. The number of aromatic nitrogens is 3. The van der Waals surface area contributed by atoms with Crippen LogP contribution < -0.4 is 4.90 Å². The summed E-state index contributed by atoms with van der Waals surface area (Å²) >= 11 is 0. The Morgan fingerprint density at radius 1 is 1.22 bits per heavy atom. The van der Waals surface area contributed by atoms with Crippen molar-refractivity contribution in [1.82, 2.24) is 19.9 Å². The first-order chi connectivity index (χ1) is 15.3. The maximum absolute atomic E-state index is 12.8. The van der Waals surface area contributed by atoms with Gasteiger partial charge in [-0.25, -0.2) is 9.97 Å². The number of hydrogen-bond acceptors (Lipinski definition) is 4. The summed E-state index contributed by atoms with van der Waals surface area (Å²) in [6, 6.07) is 8.19. The van der Waals surface area contributed by atoms with Crippen LogP contribution in [0, 0.1) is 12.8 Å². The molecule has 4 rings (SSSR count). The molecule has 32 heavy (non-hydrogen) atoms. The third-order valence-electron chi connectivity index (χ3n) is 6.05. The van der Waals surface area contributed by atoms with Crippen LogP contribution in [0.15, 0.2) is 30.5 Å². The average molecular weight is 434 g/mol. The first-order valence-corrected chi connectivity index (χ1v) is 11.3. The van der Waals surface area contributed by atoms with Gasteiger partial charge in [-0.15, -0.1) is 0 Å². The Hall–Kier alpha value is -3.22. The molecule has 0 radical (unpaired) electrons. The van der Waals surface area contributed by atoms with E-state index in [1.165, 1.54) is 10.9 Å². The highest BCUT2D eigenvalue weighted by Crippen LogP contribution is 2.29. The highest BCUT2D eigenvalue weighted by molar-refractivity contribution is 5.95. The first-order valence-electron chi connectivity index (χ1n) is 11.3. The molecular weight excluding hydrogens is 402 g/mol. The van der Waals surface area contributed by atoms with Crippen LogP contribution in [0.5, 0.6) is 0 Å². The van der Waals surface area contributed by atoms with E-state index in [1.54, 1.807) is 16.8 Å². The van der Waals surface area contributed by atoms with Crippen molar-refractivity contribution in [2.45, 2.75) is 53.0 Å². The van der Waals surface area contributed by atoms with Gasteiger partial charge in [-0.1, -0.05) is 32.0 Å². The van der Waals surface area contributed by atoms with E-state index in [1.807, 2.05) is 39.1 Å². The van der Waals surface area contributed by atoms with E-state index < -0.39 is 0 Å². The summed E-state index contributed by atoms with van der Waals surface area (Å²) in [6.07, 6.45) is 4.38. The molecule has 0 fully saturated rings. The smallest absolute Gasteiger partial charge is 0.228 e. The van der Waals surface area contributed by atoms with Crippen molar-refractivity contribution >= 4 is 28.5 Å². The van der Waals surface area contributed by atoms with Gasteiger partial charge in [0.25, 0.3) is 0 Å². The van der Waals surface area contributed by atoms with E-state index in [0.29, 0.717) is 49.9 Å². The van der Waals surface area contributed by atoms with Gasteiger partial charge >= 0.3 is 0 Å². The van der Waals surface area contributed by atoms with Gasteiger partial charge in [0, 0.05) is 54.8 Å². The van der Waals surface area contributed by atoms with Crippen LogP contribution in [-0.2, 0) is 29.0 Å². The number of carbonyl (C=O) groups excluding carboxylic acids is 2. The number of rotatable bonds is 7. The van der Waals surface area contributed by atoms with Crippen molar-refractivity contribution in [3.8, 4) is 0 Å². The highest BCUT2D eigenvalue weighted by atomic mass is 16.2. The minimum atomic E-state index is 0.0752. The largest absolute Gasteiger partial charge is 0.361 e. The van der Waals surface area contributed by atoms with Gasteiger partial charge in [0.15, 0.2) is 0 Å². The normalized spacial score (nSPS) is 13.7. The van der Waals surface area contributed by atoms with E-state index in [2.05, 4.69) is 22.1 Å². The predicted octanol–water partition coefficient (Wildman–Crippen LogP) is 3.79. The van der Waals surface area contributed by atoms with E-state index in [9.17, 15) is 9.59 Å². The van der Waals surface area contributed by atoms with Crippen molar-refractivity contribution in [1.29, 1.82) is 0 Å². The van der Waals surface area contributed by atoms with Gasteiger partial charge in [0.1, 0.15) is 11.6 Å². The number of nitrogens with zero attached hydrogens (tertiary/aromatic N) is 4. The fraction of sp³-hybridized carbons (Fsp3) is 0.440. The van der Waals surface area contributed by atoms with Gasteiger partial charge < -0.3 is 9.88 Å². The Morgan fingerprint density at radius 3 is 2.78 bits per heavy atom. The van der Waals surface area contributed by atoms with Crippen LogP contribution in [0.4, 0.5) is 5.82 Å². The van der Waals surface area contributed by atoms with E-state index >= 15 is 0 Å². The molecule has 0 aliphatic carbocycles. The van der Waals surface area contributed by atoms with E-state index in [-0.39, 0.29) is 11.8 Å². The number of amides is 2. The Balaban J connectivity index is 1.56. The molecule has 2 amide bonds. The topological polar surface area (TPSA) is 82.2 Å². The third kappa shape index (κ3) is 4.52. The molecule has 1 aromatic carbocycles. The quantitative estimate of drug-likeness (QED) is 0.615. The molecule has 2 aromatic heterocycles. The lowest BCUT2D eigenvalue weighted by molar-refractivity contribution is -0.131. The molecule has 0 unspecified atom stereocenters. The minimum Gasteiger partial charge on any atom is -0.361 e. The summed E-state index contributed by atoms with van der Waals surface area (Å²) in [5, 5.41) is 1.18. The molecular formula is C25H31N5O2. The first kappa shape index (κ1) is 22.0. The number of fused-ring (bicyclic) bond motifs is 2. The summed E-state index contributed by atoms with van der Waals surface area (Å²) in [6.45, 7) is 6.92.